The van der Waals surface area contributed by atoms with Crippen molar-refractivity contribution in [3.05, 3.63) is 57.9 Å². The van der Waals surface area contributed by atoms with Gasteiger partial charge in [-0.05, 0) is 49.8 Å². The van der Waals surface area contributed by atoms with E-state index in [1.165, 1.54) is 24.5 Å². The number of ketones is 1. The van der Waals surface area contributed by atoms with Crippen LogP contribution in [0.5, 0.6) is 0 Å². The molecule has 0 bridgehead atoms. The Labute approximate surface area is 166 Å². The predicted molar refractivity (Wildman–Crippen MR) is 110 cm³/mol. The van der Waals surface area contributed by atoms with Crippen LogP contribution in [0.4, 0.5) is 0 Å². The fourth-order valence-electron chi connectivity index (χ4n) is 4.86. The van der Waals surface area contributed by atoms with Gasteiger partial charge in [0.25, 0.3) is 5.91 Å². The van der Waals surface area contributed by atoms with E-state index in [-0.39, 0.29) is 11.7 Å². The van der Waals surface area contributed by atoms with Crippen LogP contribution in [0, 0.1) is 13.8 Å². The molecule has 1 unspecified atom stereocenters. The molecule has 1 saturated heterocycles. The molecule has 28 heavy (non-hydrogen) atoms. The summed E-state index contributed by atoms with van der Waals surface area (Å²) in [5, 5.41) is 0. The van der Waals surface area contributed by atoms with Crippen molar-refractivity contribution in [2.45, 2.75) is 46.1 Å². The van der Waals surface area contributed by atoms with Gasteiger partial charge in [0.15, 0.2) is 5.78 Å². The average molecular weight is 380 g/mol. The lowest BCUT2D eigenvalue weighted by Crippen LogP contribution is -2.53. The molecule has 1 aromatic carbocycles. The highest BCUT2D eigenvalue weighted by Gasteiger charge is 2.31. The van der Waals surface area contributed by atoms with Gasteiger partial charge in [0.05, 0.1) is 11.3 Å². The Morgan fingerprint density at radius 1 is 1.04 bits per heavy atom. The van der Waals surface area contributed by atoms with Crippen LogP contribution in [0.25, 0.3) is 0 Å². The Kier molecular flexibility index (Phi) is 5.11. The van der Waals surface area contributed by atoms with E-state index in [0.29, 0.717) is 17.3 Å². The highest BCUT2D eigenvalue weighted by Crippen LogP contribution is 2.26. The van der Waals surface area contributed by atoms with E-state index in [0.717, 1.165) is 50.3 Å². The summed E-state index contributed by atoms with van der Waals surface area (Å²) in [6.45, 7) is 8.60. The van der Waals surface area contributed by atoms with Crippen molar-refractivity contribution in [2.24, 2.45) is 0 Å². The van der Waals surface area contributed by atoms with Gasteiger partial charge in [0.1, 0.15) is 0 Å². The molecule has 2 aromatic rings. The minimum atomic E-state index is -0.0259. The first-order valence-electron chi connectivity index (χ1n) is 10.3. The molecule has 0 spiro atoms. The summed E-state index contributed by atoms with van der Waals surface area (Å²) in [7, 11) is 0. The van der Waals surface area contributed by atoms with Gasteiger partial charge < -0.3 is 9.88 Å². The highest BCUT2D eigenvalue weighted by molar-refractivity contribution is 6.02. The molecule has 0 saturated carbocycles. The second-order valence-electron chi connectivity index (χ2n) is 8.17. The molecule has 1 amide bonds. The van der Waals surface area contributed by atoms with Gasteiger partial charge in [-0.1, -0.05) is 24.3 Å². The van der Waals surface area contributed by atoms with Gasteiger partial charge in [-0.25, -0.2) is 0 Å². The third kappa shape index (κ3) is 3.39. The Hall–Kier alpha value is -2.40. The van der Waals surface area contributed by atoms with Crippen LogP contribution >= 0.6 is 0 Å². The minimum Gasteiger partial charge on any atom is -0.355 e. The van der Waals surface area contributed by atoms with E-state index >= 15 is 0 Å². The number of hydrogen-bond donors (Lipinski definition) is 1. The molecule has 5 nitrogen and oxygen atoms in total. The lowest BCUT2D eigenvalue weighted by molar-refractivity contribution is 0.0552. The molecule has 148 valence electrons. The van der Waals surface area contributed by atoms with E-state index in [2.05, 4.69) is 34.1 Å². The standard InChI is InChI=1S/C23H29N3O2/c1-15-21(16(2)24-22(15)17(3)27)23(28)26-12-10-25(11-13-26)20-9-8-18-6-4-5-7-19(18)14-20/h4-7,20,24H,8-14H2,1-3H3. The number of rotatable bonds is 3. The third-order valence-electron chi connectivity index (χ3n) is 6.44. The highest BCUT2D eigenvalue weighted by atomic mass is 16.2. The first kappa shape index (κ1) is 18.9. The molecule has 1 atom stereocenters. The maximum Gasteiger partial charge on any atom is 0.256 e. The van der Waals surface area contributed by atoms with Gasteiger partial charge in [-0.15, -0.1) is 0 Å². The number of nitrogens with zero attached hydrogens (tertiary/aromatic N) is 2. The second-order valence-corrected chi connectivity index (χ2v) is 8.17. The number of aromatic nitrogens is 1. The SMILES string of the molecule is CC(=O)c1[nH]c(C)c(C(=O)N2CCN(C3CCc4ccccc4C3)CC2)c1C. The topological polar surface area (TPSA) is 56.4 Å². The fraction of sp³-hybridized carbons (Fsp3) is 0.478. The van der Waals surface area contributed by atoms with Gasteiger partial charge in [-0.2, -0.15) is 0 Å². The number of aromatic amines is 1. The normalized spacial score (nSPS) is 20.1. The minimum absolute atomic E-state index is 0.0259. The van der Waals surface area contributed by atoms with Crippen LogP contribution < -0.4 is 0 Å². The maximum atomic E-state index is 13.1. The smallest absolute Gasteiger partial charge is 0.256 e. The molecule has 2 heterocycles. The first-order chi connectivity index (χ1) is 13.5. The van der Waals surface area contributed by atoms with Crippen LogP contribution in [-0.4, -0.2) is 58.7 Å². The van der Waals surface area contributed by atoms with Crippen LogP contribution in [0.2, 0.25) is 0 Å². The largest absolute Gasteiger partial charge is 0.355 e. The van der Waals surface area contributed by atoms with Crippen LogP contribution in [0.1, 0.15) is 56.6 Å². The summed E-state index contributed by atoms with van der Waals surface area (Å²) in [6.07, 6.45) is 3.46. The van der Waals surface area contributed by atoms with Crippen LogP contribution in [0.15, 0.2) is 24.3 Å². The van der Waals surface area contributed by atoms with Crippen molar-refractivity contribution in [1.29, 1.82) is 0 Å². The number of H-pyrrole nitrogens is 1. The number of hydrogen-bond acceptors (Lipinski definition) is 3. The molecule has 1 aliphatic carbocycles. The molecule has 1 fully saturated rings. The van der Waals surface area contributed by atoms with Gasteiger partial charge in [-0.3, -0.25) is 14.5 Å². The number of aryl methyl sites for hydroxylation is 2. The summed E-state index contributed by atoms with van der Waals surface area (Å²) in [5.41, 5.74) is 5.77. The number of Topliss-reactive ketones (excluding diaryl/α,β-unsaturated/α-hetero) is 1. The zero-order chi connectivity index (χ0) is 19.8. The average Bonchev–Trinajstić information content (AvgIpc) is 3.01. The van der Waals surface area contributed by atoms with Crippen molar-refractivity contribution in [1.82, 2.24) is 14.8 Å². The van der Waals surface area contributed by atoms with Crippen molar-refractivity contribution >= 4 is 11.7 Å². The molecule has 2 aliphatic rings. The fourth-order valence-corrected chi connectivity index (χ4v) is 4.86. The zero-order valence-corrected chi connectivity index (χ0v) is 17.0. The predicted octanol–water partition coefficient (Wildman–Crippen LogP) is 3.15. The molecular formula is C23H29N3O2. The molecule has 1 N–H and O–H groups in total. The summed E-state index contributed by atoms with van der Waals surface area (Å²) in [4.78, 5) is 32.5. The second kappa shape index (κ2) is 7.55. The third-order valence-corrected chi connectivity index (χ3v) is 6.44. The maximum absolute atomic E-state index is 13.1. The van der Waals surface area contributed by atoms with Crippen LogP contribution in [-0.2, 0) is 12.8 Å². The number of piperazine rings is 1. The van der Waals surface area contributed by atoms with E-state index in [1.54, 1.807) is 0 Å². The van der Waals surface area contributed by atoms with E-state index in [1.807, 2.05) is 18.7 Å². The lowest BCUT2D eigenvalue weighted by Gasteiger charge is -2.41. The number of benzene rings is 1. The van der Waals surface area contributed by atoms with Crippen molar-refractivity contribution < 1.29 is 9.59 Å². The number of fused-ring (bicyclic) bond motifs is 1. The molecule has 0 radical (unpaired) electrons. The lowest BCUT2D eigenvalue weighted by atomic mass is 9.87. The summed E-state index contributed by atoms with van der Waals surface area (Å²) < 4.78 is 0. The molecule has 4 rings (SSSR count). The molecule has 1 aliphatic heterocycles. The van der Waals surface area contributed by atoms with E-state index in [9.17, 15) is 9.59 Å². The van der Waals surface area contributed by atoms with Gasteiger partial charge in [0.2, 0.25) is 0 Å². The van der Waals surface area contributed by atoms with E-state index < -0.39 is 0 Å². The zero-order valence-electron chi connectivity index (χ0n) is 17.0. The van der Waals surface area contributed by atoms with Gasteiger partial charge >= 0.3 is 0 Å². The number of nitrogens with one attached hydrogen (secondary N) is 1. The van der Waals surface area contributed by atoms with Crippen LogP contribution in [0.3, 0.4) is 0 Å². The number of amides is 1. The Bertz CT molecular complexity index is 907. The Balaban J connectivity index is 1.41. The van der Waals surface area contributed by atoms with Crippen molar-refractivity contribution in [3.8, 4) is 0 Å². The number of carbonyl (C=O) groups is 2. The summed E-state index contributed by atoms with van der Waals surface area (Å²) in [5.74, 6) is 0.0226. The summed E-state index contributed by atoms with van der Waals surface area (Å²) >= 11 is 0. The van der Waals surface area contributed by atoms with Crippen molar-refractivity contribution in [2.75, 3.05) is 26.2 Å². The molecular weight excluding hydrogens is 350 g/mol. The quantitative estimate of drug-likeness (QED) is 0.834. The Morgan fingerprint density at radius 3 is 2.36 bits per heavy atom. The molecule has 1 aromatic heterocycles. The number of carbonyl (C=O) groups excluding carboxylic acids is 2. The first-order valence-corrected chi connectivity index (χ1v) is 10.3. The summed E-state index contributed by atoms with van der Waals surface area (Å²) in [6, 6.07) is 9.35. The molecule has 5 heteroatoms. The van der Waals surface area contributed by atoms with Gasteiger partial charge in [0, 0.05) is 44.8 Å². The monoisotopic (exact) mass is 379 g/mol. The van der Waals surface area contributed by atoms with E-state index in [4.69, 9.17) is 0 Å². The Morgan fingerprint density at radius 2 is 1.71 bits per heavy atom. The van der Waals surface area contributed by atoms with Crippen molar-refractivity contribution in [3.63, 3.8) is 0 Å².